The van der Waals surface area contributed by atoms with Crippen LogP contribution in [0.25, 0.3) is 0 Å². The molecule has 0 aromatic heterocycles. The van der Waals surface area contributed by atoms with E-state index in [1.807, 2.05) is 120 Å². The summed E-state index contributed by atoms with van der Waals surface area (Å²) in [5, 5.41) is 0. The number of ether oxygens (including phenoxy) is 2. The molecule has 6 atom stereocenters. The molecule has 0 bridgehead atoms. The average molecular weight is 872 g/mol. The van der Waals surface area contributed by atoms with Gasteiger partial charge in [-0.05, 0) is 45.2 Å². The van der Waals surface area contributed by atoms with Gasteiger partial charge in [0.05, 0.1) is 64.1 Å². The Labute approximate surface area is 370 Å². The quantitative estimate of drug-likeness (QED) is 0.127. The van der Waals surface area contributed by atoms with Gasteiger partial charge in [0.1, 0.15) is 12.3 Å². The lowest BCUT2D eigenvalue weighted by molar-refractivity contribution is -0.151. The van der Waals surface area contributed by atoms with Gasteiger partial charge < -0.3 is 24.2 Å². The molecule has 11 nitrogen and oxygen atoms in total. The Morgan fingerprint density at radius 1 is 0.587 bits per heavy atom. The highest BCUT2D eigenvalue weighted by Gasteiger charge is 2.46. The fourth-order valence-electron chi connectivity index (χ4n) is 8.58. The van der Waals surface area contributed by atoms with Crippen molar-refractivity contribution in [2.45, 2.75) is 118 Å². The summed E-state index contributed by atoms with van der Waals surface area (Å²) in [5.41, 5.74) is 3.19. The maximum absolute atomic E-state index is 14.8. The van der Waals surface area contributed by atoms with E-state index in [2.05, 4.69) is 4.90 Å². The third-order valence-corrected chi connectivity index (χ3v) is 12.4. The standard InChI is InChI=1S/C50H63F2N3O8/c1-49(2,3)39(26-45(58)62-7)47(60)54-30-36(51)24-41(54)43(56)22-32-14-18-34(19-15-32)28-53(38-12-10-9-11-13-38)29-35-20-16-33(17-21-35)23-44(57)42-25-37(52)31-55(42)48(61)40(50(4,5)6)27-46(59)63-8/h9-21,36-37,39-42H,22-31H2,1-8H3/t36-,37-,39+,40+,41-,42-/m0/s1. The number of para-hydroxylation sites is 1. The van der Waals surface area contributed by atoms with Crippen LogP contribution in [-0.2, 0) is 64.2 Å². The van der Waals surface area contributed by atoms with Crippen LogP contribution >= 0.6 is 0 Å². The van der Waals surface area contributed by atoms with Gasteiger partial charge in [-0.2, -0.15) is 0 Å². The van der Waals surface area contributed by atoms with E-state index in [-0.39, 0.29) is 63.2 Å². The van der Waals surface area contributed by atoms with Crippen molar-refractivity contribution in [1.82, 2.24) is 9.80 Å². The molecule has 2 amide bonds. The smallest absolute Gasteiger partial charge is 0.306 e. The fraction of sp³-hybridized carbons (Fsp3) is 0.520. The SMILES string of the molecule is COC(=O)C[C@H](C(=O)N1C[C@@H](F)C[C@H]1C(=O)Cc1ccc(CN(Cc2ccc(CC(=O)[C@@H]3C[C@H](F)CN3C(=O)[C@@H](CC(=O)OC)C(C)(C)C)cc2)c2ccccc2)cc1)C(C)(C)C. The second kappa shape index (κ2) is 20.8. The van der Waals surface area contributed by atoms with Crippen molar-refractivity contribution in [3.8, 4) is 0 Å². The Kier molecular flexibility index (Phi) is 16.0. The van der Waals surface area contributed by atoms with Gasteiger partial charge in [0, 0.05) is 44.5 Å². The van der Waals surface area contributed by atoms with Crippen molar-refractivity contribution in [3.63, 3.8) is 0 Å². The van der Waals surface area contributed by atoms with Gasteiger partial charge in [-0.25, -0.2) is 8.78 Å². The maximum atomic E-state index is 14.8. The number of hydrogen-bond acceptors (Lipinski definition) is 9. The lowest BCUT2D eigenvalue weighted by atomic mass is 9.77. The van der Waals surface area contributed by atoms with Crippen molar-refractivity contribution in [1.29, 1.82) is 0 Å². The minimum Gasteiger partial charge on any atom is -0.469 e. The monoisotopic (exact) mass is 871 g/mol. The van der Waals surface area contributed by atoms with E-state index in [0.717, 1.165) is 27.9 Å². The number of halogens is 2. The van der Waals surface area contributed by atoms with Crippen molar-refractivity contribution in [2.24, 2.45) is 22.7 Å². The molecule has 2 heterocycles. The number of Topliss-reactive ketones (excluding diaryl/α,β-unsaturated/α-hetero) is 2. The van der Waals surface area contributed by atoms with Gasteiger partial charge in [-0.3, -0.25) is 28.8 Å². The molecule has 2 saturated heterocycles. The zero-order valence-corrected chi connectivity index (χ0v) is 37.9. The number of carbonyl (C=O) groups is 6. The Balaban J connectivity index is 1.24. The van der Waals surface area contributed by atoms with Crippen LogP contribution in [0.3, 0.4) is 0 Å². The number of amides is 2. The lowest BCUT2D eigenvalue weighted by Crippen LogP contribution is -2.47. The molecule has 5 rings (SSSR count). The highest BCUT2D eigenvalue weighted by atomic mass is 19.1. The topological polar surface area (TPSA) is 131 Å². The van der Waals surface area contributed by atoms with Crippen LogP contribution in [0.4, 0.5) is 14.5 Å². The summed E-state index contributed by atoms with van der Waals surface area (Å²) in [6, 6.07) is 23.3. The third kappa shape index (κ3) is 12.8. The summed E-state index contributed by atoms with van der Waals surface area (Å²) in [4.78, 5) is 83.9. The van der Waals surface area contributed by atoms with Crippen LogP contribution in [0.5, 0.6) is 0 Å². The summed E-state index contributed by atoms with van der Waals surface area (Å²) in [7, 11) is 2.51. The first-order chi connectivity index (χ1) is 29.7. The molecule has 0 N–H and O–H groups in total. The molecule has 0 saturated carbocycles. The maximum Gasteiger partial charge on any atom is 0.306 e. The van der Waals surface area contributed by atoms with E-state index in [0.29, 0.717) is 13.1 Å². The largest absolute Gasteiger partial charge is 0.469 e. The van der Waals surface area contributed by atoms with E-state index < -0.39 is 70.8 Å². The molecule has 2 fully saturated rings. The normalized spacial score (nSPS) is 19.9. The predicted molar refractivity (Wildman–Crippen MR) is 236 cm³/mol. The molecule has 340 valence electrons. The lowest BCUT2D eigenvalue weighted by Gasteiger charge is -2.34. The van der Waals surface area contributed by atoms with Crippen LogP contribution in [0.15, 0.2) is 78.9 Å². The molecule has 0 unspecified atom stereocenters. The minimum atomic E-state index is -1.34. The zero-order valence-electron chi connectivity index (χ0n) is 37.9. The van der Waals surface area contributed by atoms with Crippen molar-refractivity contribution in [2.75, 3.05) is 32.2 Å². The Hall–Kier alpha value is -5.46. The summed E-state index contributed by atoms with van der Waals surface area (Å²) in [6.07, 6.45) is -3.13. The van der Waals surface area contributed by atoms with E-state index >= 15 is 0 Å². The molecule has 13 heteroatoms. The second-order valence-electron chi connectivity index (χ2n) is 19.2. The molecule has 3 aromatic rings. The van der Waals surface area contributed by atoms with Gasteiger partial charge in [-0.1, -0.05) is 108 Å². The number of anilines is 1. The molecule has 0 radical (unpaired) electrons. The molecule has 0 spiro atoms. The summed E-state index contributed by atoms with van der Waals surface area (Å²) >= 11 is 0. The molecule has 63 heavy (non-hydrogen) atoms. The van der Waals surface area contributed by atoms with Gasteiger partial charge in [0.25, 0.3) is 0 Å². The average Bonchev–Trinajstić information content (AvgIpc) is 3.84. The molecule has 2 aliphatic heterocycles. The number of methoxy groups -OCH3 is 2. The Bertz CT molecular complexity index is 1950. The number of nitrogens with zero attached hydrogens (tertiary/aromatic N) is 3. The van der Waals surface area contributed by atoms with Crippen LogP contribution in [-0.4, -0.2) is 96.9 Å². The number of rotatable bonds is 17. The van der Waals surface area contributed by atoms with Crippen LogP contribution in [0.1, 0.15) is 89.5 Å². The van der Waals surface area contributed by atoms with E-state index in [4.69, 9.17) is 9.47 Å². The van der Waals surface area contributed by atoms with Gasteiger partial charge in [-0.15, -0.1) is 0 Å². The van der Waals surface area contributed by atoms with Crippen LogP contribution in [0, 0.1) is 22.7 Å². The number of ketones is 2. The van der Waals surface area contributed by atoms with Crippen LogP contribution in [0.2, 0.25) is 0 Å². The number of alkyl halides is 2. The third-order valence-electron chi connectivity index (χ3n) is 12.4. The number of hydrogen-bond donors (Lipinski definition) is 0. The summed E-state index contributed by atoms with van der Waals surface area (Å²) < 4.78 is 39.3. The van der Waals surface area contributed by atoms with Gasteiger partial charge in [0.15, 0.2) is 11.6 Å². The van der Waals surface area contributed by atoms with Crippen molar-refractivity contribution >= 4 is 41.0 Å². The first kappa shape index (κ1) is 48.6. The van der Waals surface area contributed by atoms with Gasteiger partial charge >= 0.3 is 11.9 Å². The van der Waals surface area contributed by atoms with E-state index in [9.17, 15) is 37.5 Å². The van der Waals surface area contributed by atoms with Crippen LogP contribution < -0.4 is 4.90 Å². The van der Waals surface area contributed by atoms with Gasteiger partial charge in [0.2, 0.25) is 11.8 Å². The summed E-state index contributed by atoms with van der Waals surface area (Å²) in [5.74, 6) is -3.99. The molecule has 0 aliphatic carbocycles. The molecule has 2 aliphatic rings. The molecular formula is C50H63F2N3O8. The number of likely N-dealkylation sites (tertiary alicyclic amines) is 2. The number of benzene rings is 3. The number of esters is 2. The van der Waals surface area contributed by atoms with E-state index in [1.54, 1.807) is 0 Å². The minimum absolute atomic E-state index is 0.0200. The Morgan fingerprint density at radius 2 is 0.937 bits per heavy atom. The molecular weight excluding hydrogens is 809 g/mol. The fourth-order valence-corrected chi connectivity index (χ4v) is 8.58. The highest BCUT2D eigenvalue weighted by Crippen LogP contribution is 2.36. The second-order valence-corrected chi connectivity index (χ2v) is 19.2. The summed E-state index contributed by atoms with van der Waals surface area (Å²) in [6.45, 7) is 11.7. The predicted octanol–water partition coefficient (Wildman–Crippen LogP) is 7.45. The first-order valence-electron chi connectivity index (χ1n) is 21.7. The zero-order chi connectivity index (χ0) is 46.2. The highest BCUT2D eigenvalue weighted by molar-refractivity contribution is 5.94. The first-order valence-corrected chi connectivity index (χ1v) is 21.7. The van der Waals surface area contributed by atoms with Crippen molar-refractivity contribution in [3.05, 3.63) is 101 Å². The van der Waals surface area contributed by atoms with Crippen molar-refractivity contribution < 1.29 is 47.0 Å². The van der Waals surface area contributed by atoms with E-state index in [1.165, 1.54) is 24.0 Å². The molecule has 3 aromatic carbocycles. The Morgan fingerprint density at radius 3 is 1.27 bits per heavy atom. The number of carbonyl (C=O) groups excluding carboxylic acids is 6.